The lowest BCUT2D eigenvalue weighted by Gasteiger charge is -2.36. The molecule has 0 atom stereocenters. The second-order valence-corrected chi connectivity index (χ2v) is 5.39. The third kappa shape index (κ3) is 4.64. The van der Waals surface area contributed by atoms with Crippen molar-refractivity contribution in [2.24, 2.45) is 11.1 Å². The Kier molecular flexibility index (Phi) is 6.53. The van der Waals surface area contributed by atoms with Gasteiger partial charge in [-0.1, -0.05) is 37.8 Å². The Morgan fingerprint density at radius 2 is 1.53 bits per heavy atom. The maximum absolute atomic E-state index is 6.07. The molecule has 1 aliphatic carbocycles. The van der Waals surface area contributed by atoms with Crippen LogP contribution in [0.4, 0.5) is 0 Å². The van der Waals surface area contributed by atoms with Gasteiger partial charge in [0, 0.05) is 19.6 Å². The van der Waals surface area contributed by atoms with Crippen LogP contribution in [0, 0.1) is 5.41 Å². The minimum Gasteiger partial charge on any atom is -0.330 e. The van der Waals surface area contributed by atoms with E-state index in [0.717, 1.165) is 26.2 Å². The van der Waals surface area contributed by atoms with Gasteiger partial charge in [-0.25, -0.2) is 0 Å². The summed E-state index contributed by atoms with van der Waals surface area (Å²) in [6.07, 6.45) is 12.0. The summed E-state index contributed by atoms with van der Waals surface area (Å²) in [5.41, 5.74) is 6.41. The Labute approximate surface area is 107 Å². The Bertz CT molecular complexity index is 217. The first kappa shape index (κ1) is 14.5. The molecule has 2 N–H and O–H groups in total. The van der Waals surface area contributed by atoms with Crippen LogP contribution in [0.5, 0.6) is 0 Å². The molecule has 0 aromatic heterocycles. The molecule has 0 heterocycles. The molecule has 0 radical (unpaired) electrons. The fraction of sp³-hybridized carbons (Fsp3) is 0.733. The molecule has 0 amide bonds. The van der Waals surface area contributed by atoms with E-state index in [9.17, 15) is 0 Å². The SMILES string of the molecule is C=CCN(CC=C)CC1(CN)CCCCCC1. The number of hydrogen-bond donors (Lipinski definition) is 1. The predicted molar refractivity (Wildman–Crippen MR) is 76.0 cm³/mol. The zero-order valence-corrected chi connectivity index (χ0v) is 11.2. The highest BCUT2D eigenvalue weighted by Crippen LogP contribution is 2.34. The van der Waals surface area contributed by atoms with Crippen LogP contribution in [0.25, 0.3) is 0 Å². The molecule has 0 unspecified atom stereocenters. The van der Waals surface area contributed by atoms with Crippen LogP contribution in [0.1, 0.15) is 38.5 Å². The Balaban J connectivity index is 2.62. The van der Waals surface area contributed by atoms with Gasteiger partial charge < -0.3 is 5.73 Å². The molecule has 0 aliphatic heterocycles. The molecule has 0 spiro atoms. The predicted octanol–water partition coefficient (Wildman–Crippen LogP) is 2.96. The molecule has 98 valence electrons. The highest BCUT2D eigenvalue weighted by molar-refractivity contribution is 4.89. The third-order valence-electron chi connectivity index (χ3n) is 3.93. The van der Waals surface area contributed by atoms with Gasteiger partial charge in [0.2, 0.25) is 0 Å². The molecular formula is C15H28N2. The molecule has 1 fully saturated rings. The van der Waals surface area contributed by atoms with E-state index in [2.05, 4.69) is 18.1 Å². The third-order valence-corrected chi connectivity index (χ3v) is 3.93. The highest BCUT2D eigenvalue weighted by atomic mass is 15.1. The second kappa shape index (κ2) is 7.67. The molecule has 0 aromatic rings. The van der Waals surface area contributed by atoms with Crippen molar-refractivity contribution in [3.63, 3.8) is 0 Å². The number of hydrogen-bond acceptors (Lipinski definition) is 2. The first-order valence-corrected chi connectivity index (χ1v) is 6.90. The van der Waals surface area contributed by atoms with Crippen molar-refractivity contribution < 1.29 is 0 Å². The van der Waals surface area contributed by atoms with Crippen LogP contribution < -0.4 is 5.73 Å². The molecule has 0 aromatic carbocycles. The molecule has 1 saturated carbocycles. The van der Waals surface area contributed by atoms with Crippen molar-refractivity contribution in [2.75, 3.05) is 26.2 Å². The van der Waals surface area contributed by atoms with Gasteiger partial charge in [0.1, 0.15) is 0 Å². The van der Waals surface area contributed by atoms with Gasteiger partial charge in [-0.2, -0.15) is 0 Å². The Morgan fingerprint density at radius 3 is 1.94 bits per heavy atom. The average molecular weight is 236 g/mol. The van der Waals surface area contributed by atoms with Gasteiger partial charge in [-0.3, -0.25) is 4.90 Å². The van der Waals surface area contributed by atoms with Crippen LogP contribution in [0.3, 0.4) is 0 Å². The lowest BCUT2D eigenvalue weighted by atomic mass is 9.80. The summed E-state index contributed by atoms with van der Waals surface area (Å²) in [6, 6.07) is 0. The topological polar surface area (TPSA) is 29.3 Å². The molecule has 2 nitrogen and oxygen atoms in total. The van der Waals surface area contributed by atoms with Crippen molar-refractivity contribution in [3.05, 3.63) is 25.3 Å². The van der Waals surface area contributed by atoms with E-state index in [1.807, 2.05) is 12.2 Å². The average Bonchev–Trinajstić information content (AvgIpc) is 2.56. The first-order valence-electron chi connectivity index (χ1n) is 6.90. The van der Waals surface area contributed by atoms with Crippen LogP contribution in [-0.4, -0.2) is 31.1 Å². The molecule has 17 heavy (non-hydrogen) atoms. The highest BCUT2D eigenvalue weighted by Gasteiger charge is 2.30. The fourth-order valence-electron chi connectivity index (χ4n) is 2.95. The van der Waals surface area contributed by atoms with E-state index >= 15 is 0 Å². The summed E-state index contributed by atoms with van der Waals surface area (Å²) < 4.78 is 0. The zero-order valence-electron chi connectivity index (χ0n) is 11.2. The van der Waals surface area contributed by atoms with Crippen molar-refractivity contribution in [1.82, 2.24) is 4.90 Å². The summed E-state index contributed by atoms with van der Waals surface area (Å²) >= 11 is 0. The monoisotopic (exact) mass is 236 g/mol. The number of nitrogens with two attached hydrogens (primary N) is 1. The quantitative estimate of drug-likeness (QED) is 0.544. The lowest BCUT2D eigenvalue weighted by Crippen LogP contribution is -2.42. The minimum absolute atomic E-state index is 0.336. The van der Waals surface area contributed by atoms with Crippen molar-refractivity contribution >= 4 is 0 Å². The summed E-state index contributed by atoms with van der Waals surface area (Å²) in [4.78, 5) is 2.41. The molecule has 0 bridgehead atoms. The fourth-order valence-corrected chi connectivity index (χ4v) is 2.95. The van der Waals surface area contributed by atoms with Gasteiger partial charge in [0.25, 0.3) is 0 Å². The van der Waals surface area contributed by atoms with Crippen LogP contribution in [0.15, 0.2) is 25.3 Å². The van der Waals surface area contributed by atoms with Gasteiger partial charge in [-0.05, 0) is 24.8 Å². The minimum atomic E-state index is 0.336. The summed E-state index contributed by atoms with van der Waals surface area (Å²) in [5, 5.41) is 0. The molecule has 1 aliphatic rings. The zero-order chi connectivity index (χ0) is 12.6. The summed E-state index contributed by atoms with van der Waals surface area (Å²) in [5.74, 6) is 0. The van der Waals surface area contributed by atoms with Crippen molar-refractivity contribution in [1.29, 1.82) is 0 Å². The number of rotatable bonds is 7. The van der Waals surface area contributed by atoms with E-state index in [1.165, 1.54) is 38.5 Å². The summed E-state index contributed by atoms with van der Waals surface area (Å²) in [7, 11) is 0. The smallest absolute Gasteiger partial charge is 0.0164 e. The molecule has 1 rings (SSSR count). The lowest BCUT2D eigenvalue weighted by molar-refractivity contribution is 0.156. The Morgan fingerprint density at radius 1 is 1.00 bits per heavy atom. The van der Waals surface area contributed by atoms with E-state index in [4.69, 9.17) is 5.73 Å². The van der Waals surface area contributed by atoms with Gasteiger partial charge >= 0.3 is 0 Å². The maximum Gasteiger partial charge on any atom is 0.0164 e. The van der Waals surface area contributed by atoms with Crippen molar-refractivity contribution in [2.45, 2.75) is 38.5 Å². The van der Waals surface area contributed by atoms with Gasteiger partial charge in [0.05, 0.1) is 0 Å². The van der Waals surface area contributed by atoms with E-state index in [-0.39, 0.29) is 0 Å². The van der Waals surface area contributed by atoms with Crippen LogP contribution >= 0.6 is 0 Å². The second-order valence-electron chi connectivity index (χ2n) is 5.39. The Hall–Kier alpha value is -0.600. The number of nitrogens with zero attached hydrogens (tertiary/aromatic N) is 1. The van der Waals surface area contributed by atoms with Gasteiger partial charge in [0.15, 0.2) is 0 Å². The normalized spacial score (nSPS) is 19.9. The van der Waals surface area contributed by atoms with E-state index in [1.54, 1.807) is 0 Å². The molecule has 0 saturated heterocycles. The first-order chi connectivity index (χ1) is 8.26. The molecular weight excluding hydrogens is 208 g/mol. The summed E-state index contributed by atoms with van der Waals surface area (Å²) in [6.45, 7) is 11.5. The van der Waals surface area contributed by atoms with Crippen LogP contribution in [0.2, 0.25) is 0 Å². The van der Waals surface area contributed by atoms with E-state index < -0.39 is 0 Å². The molecule has 2 heteroatoms. The maximum atomic E-state index is 6.07. The van der Waals surface area contributed by atoms with E-state index in [0.29, 0.717) is 5.41 Å². The van der Waals surface area contributed by atoms with Crippen LogP contribution in [-0.2, 0) is 0 Å². The van der Waals surface area contributed by atoms with Gasteiger partial charge in [-0.15, -0.1) is 13.2 Å². The standard InChI is InChI=1S/C15H28N2/c1-3-11-17(12-4-2)14-15(13-16)9-7-5-6-8-10-15/h3-4H,1-2,5-14,16H2. The van der Waals surface area contributed by atoms with Crippen molar-refractivity contribution in [3.8, 4) is 0 Å². The largest absolute Gasteiger partial charge is 0.330 e.